The van der Waals surface area contributed by atoms with Gasteiger partial charge in [0, 0.05) is 18.5 Å². The maximum absolute atomic E-state index is 14.6. The number of hydrogen-bond acceptors (Lipinski definition) is 4. The quantitative estimate of drug-likeness (QED) is 0.932. The molecule has 5 heteroatoms. The normalized spacial score (nSPS) is 32.5. The maximum atomic E-state index is 14.6. The van der Waals surface area contributed by atoms with Gasteiger partial charge in [0.25, 0.3) is 0 Å². The van der Waals surface area contributed by atoms with Gasteiger partial charge >= 0.3 is 0 Å². The van der Waals surface area contributed by atoms with Crippen molar-refractivity contribution in [3.05, 3.63) is 17.8 Å². The maximum Gasteiger partial charge on any atom is 0.187 e. The van der Waals surface area contributed by atoms with Crippen molar-refractivity contribution < 1.29 is 9.50 Å². The van der Waals surface area contributed by atoms with Crippen molar-refractivity contribution in [3.63, 3.8) is 0 Å². The van der Waals surface area contributed by atoms with Gasteiger partial charge in [-0.2, -0.15) is 0 Å². The summed E-state index contributed by atoms with van der Waals surface area (Å²) in [5.41, 5.74) is -0.172. The average molecular weight is 307 g/mol. The molecule has 1 saturated carbocycles. The first-order valence-corrected chi connectivity index (χ1v) is 8.53. The highest BCUT2D eigenvalue weighted by atomic mass is 19.1. The van der Waals surface area contributed by atoms with Crippen LogP contribution >= 0.6 is 0 Å². The molecule has 1 saturated heterocycles. The third-order valence-electron chi connectivity index (χ3n) is 5.46. The lowest BCUT2D eigenvalue weighted by molar-refractivity contribution is -0.0411. The molecule has 1 aliphatic heterocycles. The monoisotopic (exact) mass is 307 g/mol. The summed E-state index contributed by atoms with van der Waals surface area (Å²) in [4.78, 5) is 10.3. The summed E-state index contributed by atoms with van der Waals surface area (Å²) in [6.07, 6.45) is 8.16. The zero-order chi connectivity index (χ0) is 15.7. The molecule has 0 bridgehead atoms. The Bertz CT molecular complexity index is 535. The Morgan fingerprint density at radius 1 is 1.32 bits per heavy atom. The van der Waals surface area contributed by atoms with Crippen LogP contribution in [0.5, 0.6) is 0 Å². The van der Waals surface area contributed by atoms with Gasteiger partial charge in [-0.25, -0.2) is 14.4 Å². The van der Waals surface area contributed by atoms with Crippen LogP contribution in [0.3, 0.4) is 0 Å². The molecule has 22 heavy (non-hydrogen) atoms. The van der Waals surface area contributed by atoms with E-state index in [4.69, 9.17) is 0 Å². The van der Waals surface area contributed by atoms with Crippen molar-refractivity contribution in [2.45, 2.75) is 70.4 Å². The van der Waals surface area contributed by atoms with Crippen LogP contribution < -0.4 is 4.90 Å². The fourth-order valence-corrected chi connectivity index (χ4v) is 4.27. The summed E-state index contributed by atoms with van der Waals surface area (Å²) in [5.74, 6) is 0.339. The van der Waals surface area contributed by atoms with Crippen LogP contribution in [0.1, 0.15) is 58.1 Å². The van der Waals surface area contributed by atoms with E-state index in [1.807, 2.05) is 13.8 Å². The first-order chi connectivity index (χ1) is 10.5. The number of aromatic nitrogens is 2. The number of hydrogen-bond donors (Lipinski definition) is 1. The molecule has 0 aromatic carbocycles. The lowest BCUT2D eigenvalue weighted by atomic mass is 9.72. The molecule has 1 aliphatic carbocycles. The second-order valence-electron chi connectivity index (χ2n) is 6.92. The summed E-state index contributed by atoms with van der Waals surface area (Å²) >= 11 is 0. The van der Waals surface area contributed by atoms with Crippen molar-refractivity contribution >= 4 is 5.82 Å². The molecular weight excluding hydrogens is 281 g/mol. The van der Waals surface area contributed by atoms with Gasteiger partial charge in [0.1, 0.15) is 6.33 Å². The summed E-state index contributed by atoms with van der Waals surface area (Å²) in [5, 5.41) is 10.8. The molecule has 2 heterocycles. The Kier molecular flexibility index (Phi) is 4.35. The number of anilines is 1. The molecule has 2 fully saturated rings. The van der Waals surface area contributed by atoms with Crippen LogP contribution in [0.15, 0.2) is 6.33 Å². The van der Waals surface area contributed by atoms with Crippen LogP contribution in [0, 0.1) is 11.7 Å². The van der Waals surface area contributed by atoms with E-state index in [1.165, 1.54) is 6.33 Å². The van der Waals surface area contributed by atoms with Gasteiger partial charge in [-0.05, 0) is 39.0 Å². The molecule has 4 nitrogen and oxygen atoms in total. The van der Waals surface area contributed by atoms with E-state index in [0.29, 0.717) is 17.9 Å². The zero-order valence-corrected chi connectivity index (χ0v) is 13.6. The Morgan fingerprint density at radius 3 is 2.86 bits per heavy atom. The second kappa shape index (κ2) is 6.11. The van der Waals surface area contributed by atoms with E-state index in [2.05, 4.69) is 14.9 Å². The minimum Gasteiger partial charge on any atom is -0.390 e. The molecule has 1 aromatic heterocycles. The molecular formula is C17H26FN3O. The van der Waals surface area contributed by atoms with Gasteiger partial charge in [-0.1, -0.05) is 19.8 Å². The summed E-state index contributed by atoms with van der Waals surface area (Å²) in [6, 6.07) is 0.185. The van der Waals surface area contributed by atoms with Crippen molar-refractivity contribution in [2.24, 2.45) is 5.92 Å². The van der Waals surface area contributed by atoms with Crippen LogP contribution in [-0.2, 0) is 6.42 Å². The SMILES string of the molecule is CCc1ncnc(N2CCCC2C2CCCCC2(C)O)c1F. The van der Waals surface area contributed by atoms with Gasteiger partial charge in [0.2, 0.25) is 0 Å². The minimum absolute atomic E-state index is 0.185. The number of nitrogens with zero attached hydrogens (tertiary/aromatic N) is 3. The van der Waals surface area contributed by atoms with Crippen molar-refractivity contribution in [2.75, 3.05) is 11.4 Å². The van der Waals surface area contributed by atoms with Crippen molar-refractivity contribution in [1.29, 1.82) is 0 Å². The van der Waals surface area contributed by atoms with Crippen LogP contribution in [0.25, 0.3) is 0 Å². The summed E-state index contributed by atoms with van der Waals surface area (Å²) in [6.45, 7) is 4.66. The fourth-order valence-electron chi connectivity index (χ4n) is 4.27. The van der Waals surface area contributed by atoms with E-state index >= 15 is 0 Å². The van der Waals surface area contributed by atoms with E-state index < -0.39 is 5.60 Å². The Balaban J connectivity index is 1.90. The smallest absolute Gasteiger partial charge is 0.187 e. The van der Waals surface area contributed by atoms with Crippen LogP contribution in [0.4, 0.5) is 10.2 Å². The highest BCUT2D eigenvalue weighted by molar-refractivity contribution is 5.44. The lowest BCUT2D eigenvalue weighted by Crippen LogP contribution is -2.49. The van der Waals surface area contributed by atoms with Gasteiger partial charge < -0.3 is 10.0 Å². The zero-order valence-electron chi connectivity index (χ0n) is 13.6. The second-order valence-corrected chi connectivity index (χ2v) is 6.92. The third-order valence-corrected chi connectivity index (χ3v) is 5.46. The average Bonchev–Trinajstić information content (AvgIpc) is 2.96. The molecule has 3 rings (SSSR count). The first-order valence-electron chi connectivity index (χ1n) is 8.53. The Labute approximate surface area is 131 Å². The molecule has 122 valence electrons. The molecule has 0 amide bonds. The van der Waals surface area contributed by atoms with Gasteiger partial charge in [-0.15, -0.1) is 0 Å². The number of aliphatic hydroxyl groups is 1. The Morgan fingerprint density at radius 2 is 2.14 bits per heavy atom. The topological polar surface area (TPSA) is 49.2 Å². The molecule has 1 aromatic rings. The molecule has 2 aliphatic rings. The molecule has 1 N–H and O–H groups in total. The number of halogens is 1. The fraction of sp³-hybridized carbons (Fsp3) is 0.765. The van der Waals surface area contributed by atoms with Crippen molar-refractivity contribution in [3.8, 4) is 0 Å². The first kappa shape index (κ1) is 15.7. The standard InChI is InChI=1S/C17H26FN3O/c1-3-13-15(18)16(20-11-19-13)21-10-6-8-14(21)12-7-4-5-9-17(12,2)22/h11-12,14,22H,3-10H2,1-2H3. The third kappa shape index (κ3) is 2.71. The predicted octanol–water partition coefficient (Wildman–Crippen LogP) is 3.09. The molecule has 3 atom stereocenters. The molecule has 0 radical (unpaired) electrons. The van der Waals surface area contributed by atoms with Gasteiger partial charge in [0.05, 0.1) is 11.3 Å². The predicted molar refractivity (Wildman–Crippen MR) is 84.3 cm³/mol. The summed E-state index contributed by atoms with van der Waals surface area (Å²) < 4.78 is 14.6. The largest absolute Gasteiger partial charge is 0.390 e. The van der Waals surface area contributed by atoms with E-state index in [0.717, 1.165) is 45.1 Å². The summed E-state index contributed by atoms with van der Waals surface area (Å²) in [7, 11) is 0. The Hall–Kier alpha value is -1.23. The number of rotatable bonds is 3. The van der Waals surface area contributed by atoms with Crippen LogP contribution in [-0.4, -0.2) is 33.3 Å². The van der Waals surface area contributed by atoms with E-state index in [1.54, 1.807) is 0 Å². The van der Waals surface area contributed by atoms with Crippen LogP contribution in [0.2, 0.25) is 0 Å². The number of aryl methyl sites for hydroxylation is 1. The van der Waals surface area contributed by atoms with Gasteiger partial charge in [0.15, 0.2) is 11.6 Å². The highest BCUT2D eigenvalue weighted by Gasteiger charge is 2.44. The van der Waals surface area contributed by atoms with Crippen molar-refractivity contribution in [1.82, 2.24) is 9.97 Å². The lowest BCUT2D eigenvalue weighted by Gasteiger charge is -2.43. The van der Waals surface area contributed by atoms with Gasteiger partial charge in [-0.3, -0.25) is 0 Å². The minimum atomic E-state index is -0.650. The van der Waals surface area contributed by atoms with E-state index in [-0.39, 0.29) is 17.8 Å². The molecule has 3 unspecified atom stereocenters. The highest BCUT2D eigenvalue weighted by Crippen LogP contribution is 2.42. The molecule has 0 spiro atoms. The van der Waals surface area contributed by atoms with E-state index in [9.17, 15) is 9.50 Å².